The van der Waals surface area contributed by atoms with Gasteiger partial charge in [0.05, 0.1) is 18.3 Å². The van der Waals surface area contributed by atoms with Gasteiger partial charge in [0.15, 0.2) is 0 Å². The largest absolute Gasteiger partial charge is 0.421 e. The van der Waals surface area contributed by atoms with E-state index in [1.54, 1.807) is 0 Å². The summed E-state index contributed by atoms with van der Waals surface area (Å²) in [5.74, 6) is 0. The summed E-state index contributed by atoms with van der Waals surface area (Å²) in [5.41, 5.74) is 0. The minimum atomic E-state index is -1.91. The summed E-state index contributed by atoms with van der Waals surface area (Å²) in [4.78, 5) is 16.8. The molecule has 3 aliphatic heterocycles. The van der Waals surface area contributed by atoms with Crippen LogP contribution in [-0.2, 0) is 28.7 Å². The molecule has 6 atom stereocenters. The average molecular weight is 421 g/mol. The molecule has 164 valence electrons. The van der Waals surface area contributed by atoms with Gasteiger partial charge in [-0.3, -0.25) is 0 Å². The first-order valence-electron chi connectivity index (χ1n) is 10.6. The van der Waals surface area contributed by atoms with Crippen LogP contribution in [-0.4, -0.2) is 56.1 Å². The average Bonchev–Trinajstić information content (AvgIpc) is 2.67. The van der Waals surface area contributed by atoms with Crippen LogP contribution in [0.2, 0.25) is 0 Å². The van der Waals surface area contributed by atoms with Crippen molar-refractivity contribution in [3.05, 3.63) is 0 Å². The first kappa shape index (κ1) is 22.7. The molecule has 3 saturated heterocycles. The molecule has 3 N–H and O–H groups in total. The van der Waals surface area contributed by atoms with E-state index in [0.717, 1.165) is 58.2 Å². The molecule has 3 fully saturated rings. The van der Waals surface area contributed by atoms with Crippen LogP contribution in [0, 0.1) is 0 Å². The van der Waals surface area contributed by atoms with E-state index in [-0.39, 0.29) is 18.3 Å². The quantitative estimate of drug-likeness (QED) is 0.295. The summed E-state index contributed by atoms with van der Waals surface area (Å²) >= 11 is 0. The highest BCUT2D eigenvalue weighted by Crippen LogP contribution is 2.43. The van der Waals surface area contributed by atoms with Gasteiger partial charge in [-0.1, -0.05) is 0 Å². The Labute approximate surface area is 169 Å². The maximum Gasteiger partial charge on any atom is 0.421 e. The van der Waals surface area contributed by atoms with Crippen LogP contribution in [0.4, 0.5) is 0 Å². The third kappa shape index (κ3) is 8.07. The monoisotopic (exact) mass is 421 g/mol. The topological polar surface area (TPSA) is 91.5 Å². The van der Waals surface area contributed by atoms with Gasteiger partial charge >= 0.3 is 8.60 Å². The maximum atomic E-state index is 5.59. The van der Waals surface area contributed by atoms with E-state index in [0.29, 0.717) is 18.1 Å². The smallest absolute Gasteiger partial charge is 0.314 e. The first-order chi connectivity index (χ1) is 13.6. The van der Waals surface area contributed by atoms with E-state index in [1.165, 1.54) is 0 Å². The van der Waals surface area contributed by atoms with E-state index in [4.69, 9.17) is 28.7 Å². The molecule has 0 spiro atoms. The second kappa shape index (κ2) is 12.1. The van der Waals surface area contributed by atoms with Crippen molar-refractivity contribution in [1.82, 2.24) is 16.0 Å². The van der Waals surface area contributed by atoms with Gasteiger partial charge in [0.2, 0.25) is 0 Å². The molecule has 0 radical (unpaired) electrons. The molecule has 0 amide bonds. The zero-order valence-corrected chi connectivity index (χ0v) is 18.1. The standard InChI is InChI=1S/C18H36N3O6P/c1-13-10-16(4-7-19-13)22-25-28(26-23-17-5-8-20-14(2)11-17)27-24-18-6-9-21-15(3)12-18/h13-21H,4-12H2,1-3H3. The van der Waals surface area contributed by atoms with E-state index >= 15 is 0 Å². The predicted molar refractivity (Wildman–Crippen MR) is 105 cm³/mol. The molecular formula is C18H36N3O6P. The Kier molecular flexibility index (Phi) is 9.79. The van der Waals surface area contributed by atoms with Gasteiger partial charge in [-0.05, 0) is 78.9 Å². The van der Waals surface area contributed by atoms with Crippen LogP contribution in [0.25, 0.3) is 0 Å². The fraction of sp³-hybridized carbons (Fsp3) is 1.00. The van der Waals surface area contributed by atoms with E-state index in [9.17, 15) is 0 Å². The summed E-state index contributed by atoms with van der Waals surface area (Å²) in [7, 11) is -1.91. The number of nitrogens with one attached hydrogen (secondary N) is 3. The van der Waals surface area contributed by atoms with Gasteiger partial charge in [0, 0.05) is 18.1 Å². The molecule has 0 aromatic heterocycles. The van der Waals surface area contributed by atoms with Crippen LogP contribution in [0.1, 0.15) is 59.3 Å². The van der Waals surface area contributed by atoms with Crippen LogP contribution in [0.15, 0.2) is 0 Å². The molecule has 10 heteroatoms. The van der Waals surface area contributed by atoms with Crippen molar-refractivity contribution in [2.45, 2.75) is 95.7 Å². The third-order valence-corrected chi connectivity index (χ3v) is 6.07. The van der Waals surface area contributed by atoms with Crippen molar-refractivity contribution in [2.75, 3.05) is 19.6 Å². The SMILES string of the molecule is CC1CC(OOP(OOC2CCNC(C)C2)OOC2CCNC(C)C2)CCN1. The second-order valence-corrected chi connectivity index (χ2v) is 9.13. The van der Waals surface area contributed by atoms with Gasteiger partial charge < -0.3 is 16.0 Å². The highest BCUT2D eigenvalue weighted by atomic mass is 31.2. The Bertz CT molecular complexity index is 390. The lowest BCUT2D eigenvalue weighted by molar-refractivity contribution is -0.345. The van der Waals surface area contributed by atoms with Crippen molar-refractivity contribution in [3.63, 3.8) is 0 Å². The summed E-state index contributed by atoms with van der Waals surface area (Å²) < 4.78 is 16.4. The van der Waals surface area contributed by atoms with E-state index in [2.05, 4.69) is 36.7 Å². The number of piperidine rings is 3. The molecule has 3 aliphatic rings. The molecule has 0 aromatic rings. The zero-order valence-electron chi connectivity index (χ0n) is 17.2. The fourth-order valence-corrected chi connectivity index (χ4v) is 4.50. The second-order valence-electron chi connectivity index (χ2n) is 8.24. The van der Waals surface area contributed by atoms with Crippen LogP contribution in [0.5, 0.6) is 0 Å². The van der Waals surface area contributed by atoms with Gasteiger partial charge in [0.1, 0.15) is 0 Å². The number of hydrogen-bond donors (Lipinski definition) is 3. The Morgan fingerprint density at radius 1 is 0.571 bits per heavy atom. The molecule has 0 bridgehead atoms. The molecule has 9 nitrogen and oxygen atoms in total. The summed E-state index contributed by atoms with van der Waals surface area (Å²) in [6, 6.07) is 1.20. The zero-order chi connectivity index (χ0) is 19.8. The van der Waals surface area contributed by atoms with E-state index < -0.39 is 8.60 Å². The lowest BCUT2D eigenvalue weighted by Gasteiger charge is -2.30. The Hall–Kier alpha value is 0.0700. The van der Waals surface area contributed by atoms with Crippen LogP contribution in [0.3, 0.4) is 0 Å². The van der Waals surface area contributed by atoms with E-state index in [1.807, 2.05) is 0 Å². The maximum absolute atomic E-state index is 5.59. The van der Waals surface area contributed by atoms with Crippen molar-refractivity contribution in [3.8, 4) is 0 Å². The molecule has 6 unspecified atom stereocenters. The van der Waals surface area contributed by atoms with Crippen LogP contribution >= 0.6 is 8.60 Å². The first-order valence-corrected chi connectivity index (χ1v) is 11.7. The third-order valence-electron chi connectivity index (χ3n) is 5.45. The molecule has 0 saturated carbocycles. The number of hydrogen-bond acceptors (Lipinski definition) is 9. The predicted octanol–water partition coefficient (Wildman–Crippen LogP) is 2.48. The lowest BCUT2D eigenvalue weighted by Crippen LogP contribution is -2.40. The fourth-order valence-electron chi connectivity index (χ4n) is 3.85. The van der Waals surface area contributed by atoms with Crippen LogP contribution < -0.4 is 16.0 Å². The van der Waals surface area contributed by atoms with Crippen molar-refractivity contribution >= 4 is 8.60 Å². The normalized spacial score (nSPS) is 38.2. The van der Waals surface area contributed by atoms with Crippen molar-refractivity contribution in [1.29, 1.82) is 0 Å². The lowest BCUT2D eigenvalue weighted by atomic mass is 10.0. The van der Waals surface area contributed by atoms with Gasteiger partial charge in [-0.15, -0.1) is 14.0 Å². The summed E-state index contributed by atoms with van der Waals surface area (Å²) in [5, 5.41) is 10.2. The minimum absolute atomic E-state index is 0.00579. The number of rotatable bonds is 9. The molecule has 0 aliphatic carbocycles. The van der Waals surface area contributed by atoms with Gasteiger partial charge in [-0.25, -0.2) is 14.7 Å². The molecule has 0 aromatic carbocycles. The molecular weight excluding hydrogens is 385 g/mol. The molecule has 3 rings (SSSR count). The summed E-state index contributed by atoms with van der Waals surface area (Å²) in [6.07, 6.45) is 5.30. The van der Waals surface area contributed by atoms with Crippen molar-refractivity contribution in [2.24, 2.45) is 0 Å². The minimum Gasteiger partial charge on any atom is -0.314 e. The summed E-state index contributed by atoms with van der Waals surface area (Å²) in [6.45, 7) is 9.11. The Balaban J connectivity index is 1.44. The van der Waals surface area contributed by atoms with Crippen molar-refractivity contribution < 1.29 is 28.7 Å². The molecule has 28 heavy (non-hydrogen) atoms. The highest BCUT2D eigenvalue weighted by Gasteiger charge is 2.29. The Morgan fingerprint density at radius 2 is 0.893 bits per heavy atom. The van der Waals surface area contributed by atoms with Gasteiger partial charge in [0.25, 0.3) is 0 Å². The highest BCUT2D eigenvalue weighted by molar-refractivity contribution is 7.41. The Morgan fingerprint density at radius 3 is 1.18 bits per heavy atom. The molecule has 3 heterocycles. The van der Waals surface area contributed by atoms with Gasteiger partial charge in [-0.2, -0.15) is 0 Å².